The number of ether oxygens (including phenoxy) is 2. The summed E-state index contributed by atoms with van der Waals surface area (Å²) in [6.07, 6.45) is 3.65. The summed E-state index contributed by atoms with van der Waals surface area (Å²) in [5.41, 5.74) is 0.351. The molecule has 0 aliphatic carbocycles. The van der Waals surface area contributed by atoms with Crippen LogP contribution in [-0.2, 0) is 4.74 Å². The first-order valence-electron chi connectivity index (χ1n) is 16.1. The van der Waals surface area contributed by atoms with Gasteiger partial charge in [-0.05, 0) is 77.2 Å². The molecule has 3 heterocycles. The molecule has 44 heavy (non-hydrogen) atoms. The van der Waals surface area contributed by atoms with E-state index in [1.165, 1.54) is 24.5 Å². The largest absolute Gasteiger partial charge is 0.434 e. The minimum absolute atomic E-state index is 0.0410. The lowest BCUT2D eigenvalue weighted by atomic mass is 9.75. The Kier molecular flexibility index (Phi) is 11.5. The normalized spacial score (nSPS) is 17.9. The van der Waals surface area contributed by atoms with E-state index in [4.69, 9.17) is 9.47 Å². The molecule has 0 bridgehead atoms. The van der Waals surface area contributed by atoms with E-state index in [1.807, 2.05) is 20.8 Å². The molecule has 0 radical (unpaired) electrons. The van der Waals surface area contributed by atoms with Crippen LogP contribution in [0.5, 0.6) is 11.6 Å². The van der Waals surface area contributed by atoms with E-state index >= 15 is 0 Å². The van der Waals surface area contributed by atoms with Gasteiger partial charge in [-0.2, -0.15) is 0 Å². The fourth-order valence-corrected chi connectivity index (χ4v) is 7.09. The highest BCUT2D eigenvalue weighted by Crippen LogP contribution is 2.45. The number of hydrogen-bond donors (Lipinski definition) is 0. The number of anilines is 1. The topological polar surface area (TPSA) is 87.2 Å². The first-order valence-corrected chi connectivity index (χ1v) is 16.1. The molecular formula is C33H52FN7O3. The molecule has 1 amide bonds. The van der Waals surface area contributed by atoms with Crippen molar-refractivity contribution in [3.05, 3.63) is 35.9 Å². The average molecular weight is 614 g/mol. The summed E-state index contributed by atoms with van der Waals surface area (Å²) in [7, 11) is 3.92. The Morgan fingerprint density at radius 3 is 2.55 bits per heavy atom. The van der Waals surface area contributed by atoms with Gasteiger partial charge in [-0.25, -0.2) is 9.37 Å². The van der Waals surface area contributed by atoms with E-state index in [1.54, 1.807) is 12.0 Å². The fraction of sp³-hybridized carbons (Fsp3) is 0.697. The smallest absolute Gasteiger partial charge is 0.282 e. The van der Waals surface area contributed by atoms with Crippen molar-refractivity contribution in [1.82, 2.24) is 29.9 Å². The van der Waals surface area contributed by atoms with Gasteiger partial charge in [-0.3, -0.25) is 9.69 Å². The van der Waals surface area contributed by atoms with E-state index in [2.05, 4.69) is 57.7 Å². The number of carbonyl (C=O) groups excluding carboxylic acids is 1. The van der Waals surface area contributed by atoms with Crippen LogP contribution in [0.4, 0.5) is 10.2 Å². The minimum Gasteiger partial charge on any atom is -0.434 e. The number of carbonyl (C=O) groups is 1. The minimum atomic E-state index is -0.499. The molecule has 10 nitrogen and oxygen atoms in total. The zero-order valence-electron chi connectivity index (χ0n) is 27.9. The molecular weight excluding hydrogens is 561 g/mol. The van der Waals surface area contributed by atoms with E-state index in [0.29, 0.717) is 30.2 Å². The van der Waals surface area contributed by atoms with Gasteiger partial charge in [0.2, 0.25) is 0 Å². The third kappa shape index (κ3) is 7.84. The molecule has 2 atom stereocenters. The number of methoxy groups -OCH3 is 1. The van der Waals surface area contributed by atoms with Crippen molar-refractivity contribution in [3.8, 4) is 11.6 Å². The molecule has 1 aromatic carbocycles. The number of hydrogen-bond acceptors (Lipinski definition) is 9. The summed E-state index contributed by atoms with van der Waals surface area (Å²) in [4.78, 5) is 26.8. The van der Waals surface area contributed by atoms with Gasteiger partial charge in [0.05, 0.1) is 12.2 Å². The summed E-state index contributed by atoms with van der Waals surface area (Å²) in [5, 5.41) is 8.23. The van der Waals surface area contributed by atoms with E-state index in [-0.39, 0.29) is 34.6 Å². The highest BCUT2D eigenvalue weighted by atomic mass is 19.1. The molecule has 2 aromatic rings. The number of benzene rings is 1. The lowest BCUT2D eigenvalue weighted by molar-refractivity contribution is -0.0505. The van der Waals surface area contributed by atoms with Crippen molar-refractivity contribution in [2.45, 2.75) is 66.5 Å². The Hall–Kier alpha value is -2.89. The summed E-state index contributed by atoms with van der Waals surface area (Å²) in [6.45, 7) is 19.9. The van der Waals surface area contributed by atoms with Crippen LogP contribution in [0.2, 0.25) is 0 Å². The van der Waals surface area contributed by atoms with Crippen LogP contribution >= 0.6 is 0 Å². The number of nitrogens with zero attached hydrogens (tertiary/aromatic N) is 7. The Bertz CT molecular complexity index is 1240. The fourth-order valence-electron chi connectivity index (χ4n) is 7.09. The van der Waals surface area contributed by atoms with Crippen molar-refractivity contribution >= 4 is 11.7 Å². The maximum atomic E-state index is 14.3. The van der Waals surface area contributed by atoms with Crippen LogP contribution in [-0.4, -0.2) is 114 Å². The zero-order chi connectivity index (χ0) is 32.0. The maximum Gasteiger partial charge on any atom is 0.282 e. The molecule has 2 saturated heterocycles. The first-order chi connectivity index (χ1) is 21.0. The number of rotatable bonds is 15. The molecule has 1 spiro atoms. The number of likely N-dealkylation sites (N-methyl/N-ethyl adjacent to an activating group) is 1. The number of halogens is 1. The Balaban J connectivity index is 1.44. The van der Waals surface area contributed by atoms with Gasteiger partial charge in [0.25, 0.3) is 11.8 Å². The Morgan fingerprint density at radius 2 is 1.89 bits per heavy atom. The summed E-state index contributed by atoms with van der Waals surface area (Å²) < 4.78 is 25.7. The van der Waals surface area contributed by atoms with Crippen LogP contribution in [0.3, 0.4) is 0 Å². The van der Waals surface area contributed by atoms with Gasteiger partial charge in [0, 0.05) is 63.9 Å². The summed E-state index contributed by atoms with van der Waals surface area (Å²) in [5.74, 6) is 1.43. The van der Waals surface area contributed by atoms with Crippen molar-refractivity contribution in [2.75, 3.05) is 71.5 Å². The number of amides is 1. The Labute approximate surface area is 262 Å². The van der Waals surface area contributed by atoms with E-state index in [9.17, 15) is 9.18 Å². The predicted molar refractivity (Wildman–Crippen MR) is 171 cm³/mol. The van der Waals surface area contributed by atoms with Crippen molar-refractivity contribution < 1.29 is 18.7 Å². The quantitative estimate of drug-likeness (QED) is 0.281. The molecule has 2 unspecified atom stereocenters. The van der Waals surface area contributed by atoms with E-state index in [0.717, 1.165) is 58.7 Å². The van der Waals surface area contributed by atoms with Crippen LogP contribution in [0, 0.1) is 23.1 Å². The van der Waals surface area contributed by atoms with Gasteiger partial charge < -0.3 is 24.2 Å². The maximum absolute atomic E-state index is 14.3. The second-order valence-electron chi connectivity index (χ2n) is 13.4. The van der Waals surface area contributed by atoms with Gasteiger partial charge in [-0.15, -0.1) is 10.2 Å². The lowest BCUT2D eigenvalue weighted by Crippen LogP contribution is -2.63. The molecule has 0 N–H and O–H groups in total. The highest BCUT2D eigenvalue weighted by Gasteiger charge is 2.51. The van der Waals surface area contributed by atoms with Gasteiger partial charge >= 0.3 is 0 Å². The molecule has 244 valence electrons. The summed E-state index contributed by atoms with van der Waals surface area (Å²) in [6, 6.07) is 4.49. The average Bonchev–Trinajstić information content (AvgIpc) is 3.41. The van der Waals surface area contributed by atoms with Gasteiger partial charge in [0.15, 0.2) is 5.82 Å². The molecule has 2 fully saturated rings. The third-order valence-corrected chi connectivity index (χ3v) is 9.32. The third-order valence-electron chi connectivity index (χ3n) is 9.32. The van der Waals surface area contributed by atoms with Crippen LogP contribution < -0.4 is 9.64 Å². The molecule has 0 saturated carbocycles. The number of likely N-dealkylation sites (tertiary alicyclic amines) is 1. The lowest BCUT2D eigenvalue weighted by Gasteiger charge is -2.54. The van der Waals surface area contributed by atoms with Crippen molar-refractivity contribution in [1.29, 1.82) is 0 Å². The Morgan fingerprint density at radius 1 is 1.14 bits per heavy atom. The van der Waals surface area contributed by atoms with Crippen molar-refractivity contribution in [3.63, 3.8) is 0 Å². The standard InChI is InChI=1S/C33H52FN7O3/c1-9-41(24(4)5)32(42)27-18-26(34)10-11-28(27)44-31-30(35-22-36-37-31)39-15-13-33(19-39)20-40(21-33)29(23(2)3)25(6)12-14-38(7)16-17-43-8/h10-11,18,22-25,29H,9,12-17,19-21H2,1-8H3. The zero-order valence-corrected chi connectivity index (χ0v) is 27.9. The SMILES string of the molecule is CCN(C(=O)c1cc(F)ccc1Oc1nncnc1N1CCC2(C1)CN(C(C(C)C)C(C)CCN(C)CCOC)C2)C(C)C. The number of aromatic nitrogens is 3. The van der Waals surface area contributed by atoms with E-state index < -0.39 is 5.82 Å². The monoisotopic (exact) mass is 613 g/mol. The first kappa shape index (κ1) is 34.0. The summed E-state index contributed by atoms with van der Waals surface area (Å²) >= 11 is 0. The van der Waals surface area contributed by atoms with Crippen LogP contribution in [0.25, 0.3) is 0 Å². The second-order valence-corrected chi connectivity index (χ2v) is 13.4. The van der Waals surface area contributed by atoms with Crippen LogP contribution in [0.15, 0.2) is 24.5 Å². The molecule has 2 aliphatic heterocycles. The van der Waals surface area contributed by atoms with Gasteiger partial charge in [0.1, 0.15) is 17.9 Å². The molecule has 4 rings (SSSR count). The predicted octanol–water partition coefficient (Wildman–Crippen LogP) is 4.81. The molecule has 2 aliphatic rings. The van der Waals surface area contributed by atoms with Gasteiger partial charge in [-0.1, -0.05) is 20.8 Å². The molecule has 1 aromatic heterocycles. The van der Waals surface area contributed by atoms with Crippen LogP contribution in [0.1, 0.15) is 64.7 Å². The highest BCUT2D eigenvalue weighted by molar-refractivity contribution is 5.97. The van der Waals surface area contributed by atoms with Crippen molar-refractivity contribution in [2.24, 2.45) is 17.3 Å². The second kappa shape index (κ2) is 14.9. The molecule has 11 heteroatoms.